The molecular weight excluding hydrogens is 340 g/mol. The summed E-state index contributed by atoms with van der Waals surface area (Å²) in [5, 5.41) is 0.508. The molecule has 0 saturated heterocycles. The Labute approximate surface area is 157 Å². The minimum Gasteiger partial charge on any atom is -0.481 e. The minimum absolute atomic E-state index is 0.170. The van der Waals surface area contributed by atoms with E-state index in [1.807, 2.05) is 57.2 Å². The van der Waals surface area contributed by atoms with Gasteiger partial charge in [-0.3, -0.25) is 4.79 Å². The maximum Gasteiger partial charge on any atom is 0.235 e. The summed E-state index contributed by atoms with van der Waals surface area (Å²) in [6.45, 7) is 6.26. The quantitative estimate of drug-likeness (QED) is 0.478. The highest BCUT2D eigenvalue weighted by molar-refractivity contribution is 5.82. The summed E-state index contributed by atoms with van der Waals surface area (Å²) < 4.78 is 17.5. The molecule has 0 aliphatic heterocycles. The van der Waals surface area contributed by atoms with Crippen LogP contribution >= 0.6 is 0 Å². The van der Waals surface area contributed by atoms with Gasteiger partial charge in [-0.1, -0.05) is 24.3 Å². The van der Waals surface area contributed by atoms with Crippen LogP contribution in [0.3, 0.4) is 0 Å². The second kappa shape index (κ2) is 6.80. The number of hydrogen-bond donors (Lipinski definition) is 0. The molecule has 0 fully saturated rings. The lowest BCUT2D eigenvalue weighted by Crippen LogP contribution is -2.11. The molecule has 4 aromatic rings. The van der Waals surface area contributed by atoms with Crippen molar-refractivity contribution in [2.75, 3.05) is 0 Å². The minimum atomic E-state index is -0.195. The first-order chi connectivity index (χ1) is 13.0. The topological polar surface area (TPSA) is 52.6 Å². The summed E-state index contributed by atoms with van der Waals surface area (Å²) in [5.74, 6) is 0.949. The molecule has 2 aromatic carbocycles. The average Bonchev–Trinajstić information content (AvgIpc) is 3.18. The summed E-state index contributed by atoms with van der Waals surface area (Å²) in [7, 11) is 0. The average molecular weight is 360 g/mol. The molecule has 4 rings (SSSR count). The van der Waals surface area contributed by atoms with Crippen LogP contribution in [-0.2, 0) is 6.61 Å². The number of benzene rings is 2. The van der Waals surface area contributed by atoms with Crippen molar-refractivity contribution in [2.24, 2.45) is 0 Å². The predicted octanol–water partition coefficient (Wildman–Crippen LogP) is 5.56. The Morgan fingerprint density at radius 3 is 2.44 bits per heavy atom. The van der Waals surface area contributed by atoms with Crippen LogP contribution in [0, 0.1) is 20.8 Å². The highest BCUT2D eigenvalue weighted by Crippen LogP contribution is 2.32. The third-order valence-corrected chi connectivity index (χ3v) is 4.84. The Morgan fingerprint density at radius 2 is 1.70 bits per heavy atom. The number of ether oxygens (including phenoxy) is 1. The highest BCUT2D eigenvalue weighted by Gasteiger charge is 2.20. The van der Waals surface area contributed by atoms with Crippen molar-refractivity contribution >= 4 is 11.0 Å². The molecule has 0 amide bonds. The van der Waals surface area contributed by atoms with Crippen LogP contribution in [0.15, 0.2) is 68.4 Å². The van der Waals surface area contributed by atoms with E-state index in [0.29, 0.717) is 22.5 Å². The van der Waals surface area contributed by atoms with Crippen molar-refractivity contribution < 1.29 is 13.6 Å². The fraction of sp³-hybridized carbons (Fsp3) is 0.174. The largest absolute Gasteiger partial charge is 0.481 e. The van der Waals surface area contributed by atoms with Crippen molar-refractivity contribution in [1.82, 2.24) is 0 Å². The molecule has 0 aliphatic rings. The van der Waals surface area contributed by atoms with E-state index in [4.69, 9.17) is 13.6 Å². The van der Waals surface area contributed by atoms with Crippen LogP contribution in [0.1, 0.15) is 22.3 Å². The monoisotopic (exact) mass is 360 g/mol. The van der Waals surface area contributed by atoms with E-state index in [-0.39, 0.29) is 17.8 Å². The van der Waals surface area contributed by atoms with Gasteiger partial charge in [0.25, 0.3) is 0 Å². The van der Waals surface area contributed by atoms with E-state index >= 15 is 0 Å². The molecule has 0 aliphatic carbocycles. The number of rotatable bonds is 4. The van der Waals surface area contributed by atoms with Crippen LogP contribution in [0.5, 0.6) is 5.75 Å². The van der Waals surface area contributed by atoms with Crippen LogP contribution in [0.25, 0.3) is 22.5 Å². The van der Waals surface area contributed by atoms with Crippen molar-refractivity contribution in [3.05, 3.63) is 87.3 Å². The Balaban J connectivity index is 1.87. The van der Waals surface area contributed by atoms with Gasteiger partial charge in [-0.2, -0.15) is 0 Å². The van der Waals surface area contributed by atoms with E-state index < -0.39 is 0 Å². The SMILES string of the molecule is Cc1cc2oc(-c3ccco3)c(OCc3ccccc3C)c(=O)c2cc1C. The zero-order chi connectivity index (χ0) is 19.0. The molecule has 0 atom stereocenters. The fourth-order valence-corrected chi connectivity index (χ4v) is 3.06. The molecule has 136 valence electrons. The Hall–Kier alpha value is -3.27. The standard InChI is InChI=1S/C23H20O4/c1-14-7-4-5-8-17(14)13-26-23-21(24)18-11-15(2)16(3)12-20(18)27-22(23)19-9-6-10-25-19/h4-12H,13H2,1-3H3. The number of fused-ring (bicyclic) bond motifs is 1. The molecule has 4 heteroatoms. The molecule has 0 bridgehead atoms. The molecule has 0 spiro atoms. The zero-order valence-electron chi connectivity index (χ0n) is 15.5. The van der Waals surface area contributed by atoms with E-state index in [9.17, 15) is 4.79 Å². The molecule has 0 saturated carbocycles. The zero-order valence-corrected chi connectivity index (χ0v) is 15.5. The van der Waals surface area contributed by atoms with Crippen LogP contribution in [-0.4, -0.2) is 0 Å². The van der Waals surface area contributed by atoms with Gasteiger partial charge in [0.15, 0.2) is 5.76 Å². The van der Waals surface area contributed by atoms with Crippen LogP contribution < -0.4 is 10.2 Å². The molecule has 2 aromatic heterocycles. The molecule has 2 heterocycles. The second-order valence-electron chi connectivity index (χ2n) is 6.71. The van der Waals surface area contributed by atoms with Gasteiger partial charge in [0.2, 0.25) is 16.9 Å². The molecule has 0 unspecified atom stereocenters. The molecular formula is C23H20O4. The summed E-state index contributed by atoms with van der Waals surface area (Å²) >= 11 is 0. The summed E-state index contributed by atoms with van der Waals surface area (Å²) in [5.41, 5.74) is 4.54. The normalized spacial score (nSPS) is 11.1. The fourth-order valence-electron chi connectivity index (χ4n) is 3.06. The molecule has 27 heavy (non-hydrogen) atoms. The van der Waals surface area contributed by atoms with Crippen LogP contribution in [0.4, 0.5) is 0 Å². The maximum absolute atomic E-state index is 13.2. The van der Waals surface area contributed by atoms with Gasteiger partial charge in [-0.25, -0.2) is 0 Å². The first-order valence-electron chi connectivity index (χ1n) is 8.84. The third-order valence-electron chi connectivity index (χ3n) is 4.84. The lowest BCUT2D eigenvalue weighted by molar-refractivity contribution is 0.295. The first kappa shape index (κ1) is 17.2. The number of furan rings is 1. The number of aryl methyl sites for hydroxylation is 3. The van der Waals surface area contributed by atoms with Crippen molar-refractivity contribution in [2.45, 2.75) is 27.4 Å². The van der Waals surface area contributed by atoms with Crippen molar-refractivity contribution in [3.63, 3.8) is 0 Å². The lowest BCUT2D eigenvalue weighted by Gasteiger charge is -2.12. The van der Waals surface area contributed by atoms with Gasteiger partial charge >= 0.3 is 0 Å². The summed E-state index contributed by atoms with van der Waals surface area (Å²) in [4.78, 5) is 13.2. The van der Waals surface area contributed by atoms with Gasteiger partial charge in [-0.15, -0.1) is 0 Å². The summed E-state index contributed by atoms with van der Waals surface area (Å²) in [6.07, 6.45) is 1.55. The van der Waals surface area contributed by atoms with Crippen molar-refractivity contribution in [3.8, 4) is 17.3 Å². The highest BCUT2D eigenvalue weighted by atomic mass is 16.5. The second-order valence-corrected chi connectivity index (χ2v) is 6.71. The van der Waals surface area contributed by atoms with Crippen LogP contribution in [0.2, 0.25) is 0 Å². The lowest BCUT2D eigenvalue weighted by atomic mass is 10.1. The molecule has 0 N–H and O–H groups in total. The molecule has 4 nitrogen and oxygen atoms in total. The van der Waals surface area contributed by atoms with E-state index in [0.717, 1.165) is 22.3 Å². The van der Waals surface area contributed by atoms with Crippen molar-refractivity contribution in [1.29, 1.82) is 0 Å². The molecule has 0 radical (unpaired) electrons. The summed E-state index contributed by atoms with van der Waals surface area (Å²) in [6, 6.07) is 15.2. The van der Waals surface area contributed by atoms with Gasteiger partial charge in [0.1, 0.15) is 12.2 Å². The smallest absolute Gasteiger partial charge is 0.235 e. The number of hydrogen-bond acceptors (Lipinski definition) is 4. The third kappa shape index (κ3) is 3.14. The predicted molar refractivity (Wildman–Crippen MR) is 105 cm³/mol. The Bertz CT molecular complexity index is 1170. The van der Waals surface area contributed by atoms with Gasteiger partial charge in [0, 0.05) is 0 Å². The van der Waals surface area contributed by atoms with E-state index in [1.54, 1.807) is 18.4 Å². The Morgan fingerprint density at radius 1 is 0.926 bits per heavy atom. The van der Waals surface area contributed by atoms with Gasteiger partial charge < -0.3 is 13.6 Å². The maximum atomic E-state index is 13.2. The van der Waals surface area contributed by atoms with Gasteiger partial charge in [0.05, 0.1) is 11.6 Å². The van der Waals surface area contributed by atoms with E-state index in [1.165, 1.54) is 0 Å². The van der Waals surface area contributed by atoms with E-state index in [2.05, 4.69) is 0 Å². The first-order valence-corrected chi connectivity index (χ1v) is 8.84. The van der Waals surface area contributed by atoms with Gasteiger partial charge in [-0.05, 0) is 67.3 Å². The Kier molecular flexibility index (Phi) is 4.32.